The van der Waals surface area contributed by atoms with Crippen molar-refractivity contribution in [2.45, 2.75) is 43.1 Å². The van der Waals surface area contributed by atoms with E-state index < -0.39 is 48.9 Å². The van der Waals surface area contributed by atoms with Crippen LogP contribution in [-0.2, 0) is 17.3 Å². The summed E-state index contributed by atoms with van der Waals surface area (Å²) in [5.41, 5.74) is -0.283. The molecule has 0 amide bonds. The van der Waals surface area contributed by atoms with Crippen molar-refractivity contribution in [1.82, 2.24) is 9.97 Å². The third-order valence-electron chi connectivity index (χ3n) is 4.55. The first-order valence-electron chi connectivity index (χ1n) is 8.62. The van der Waals surface area contributed by atoms with Crippen molar-refractivity contribution in [3.63, 3.8) is 0 Å². The Morgan fingerprint density at radius 3 is 2.39 bits per heavy atom. The van der Waals surface area contributed by atoms with Gasteiger partial charge in [0.2, 0.25) is 5.95 Å². The molecule has 1 aliphatic rings. The Hall–Kier alpha value is -2.27. The number of aromatic nitrogens is 2. The van der Waals surface area contributed by atoms with E-state index in [4.69, 9.17) is 4.74 Å². The first-order chi connectivity index (χ1) is 13.3. The molecular weight excluding hydrogens is 379 g/mol. The van der Waals surface area contributed by atoms with Crippen molar-refractivity contribution < 1.29 is 33.2 Å². The van der Waals surface area contributed by atoms with Gasteiger partial charge in [0.05, 0.1) is 18.8 Å². The van der Waals surface area contributed by atoms with E-state index in [1.165, 1.54) is 0 Å². The standard InChI is InChI=1S/C18H20F3N3O4/c19-18(20,21)13-6-7-22-17(23-13)24-14-11(8-10-4-2-1-3-5-10)28-12(9-25)15(26)16(14)27/h1-7,11-12,14-16,25-27H,8-9H2,(H,22,23,24)/t11-,12-,14-,15+,16-/m1/s1. The van der Waals surface area contributed by atoms with Crippen molar-refractivity contribution in [2.24, 2.45) is 0 Å². The van der Waals surface area contributed by atoms with Crippen molar-refractivity contribution in [3.05, 3.63) is 53.9 Å². The van der Waals surface area contributed by atoms with E-state index in [9.17, 15) is 28.5 Å². The third-order valence-corrected chi connectivity index (χ3v) is 4.55. The van der Waals surface area contributed by atoms with E-state index >= 15 is 0 Å². The van der Waals surface area contributed by atoms with Gasteiger partial charge in [0, 0.05) is 12.6 Å². The van der Waals surface area contributed by atoms with Crippen LogP contribution in [0.4, 0.5) is 19.1 Å². The second-order valence-corrected chi connectivity index (χ2v) is 6.50. The minimum absolute atomic E-state index is 0.289. The molecule has 10 heteroatoms. The minimum Gasteiger partial charge on any atom is -0.394 e. The Labute approximate surface area is 158 Å². The molecule has 0 bridgehead atoms. The van der Waals surface area contributed by atoms with Crippen molar-refractivity contribution >= 4 is 5.95 Å². The smallest absolute Gasteiger partial charge is 0.394 e. The summed E-state index contributed by atoms with van der Waals surface area (Å²) in [5.74, 6) is -0.352. The average Bonchev–Trinajstić information content (AvgIpc) is 2.68. The third kappa shape index (κ3) is 4.58. The molecule has 1 saturated heterocycles. The first kappa shape index (κ1) is 20.5. The summed E-state index contributed by atoms with van der Waals surface area (Å²) in [6.07, 6.45) is -8.03. The van der Waals surface area contributed by atoms with Gasteiger partial charge >= 0.3 is 6.18 Å². The van der Waals surface area contributed by atoms with Gasteiger partial charge in [-0.25, -0.2) is 9.97 Å². The SMILES string of the molecule is OC[C@H]1O[C@H](Cc2ccccc2)[C@@H](Nc2nccc(C(F)(F)F)n2)[C@@H](O)[C@H]1O. The highest BCUT2D eigenvalue weighted by Gasteiger charge is 2.44. The minimum atomic E-state index is -4.65. The molecule has 28 heavy (non-hydrogen) atoms. The predicted molar refractivity (Wildman–Crippen MR) is 92.4 cm³/mol. The van der Waals surface area contributed by atoms with Gasteiger partial charge in [-0.2, -0.15) is 13.2 Å². The molecule has 3 rings (SSSR count). The van der Waals surface area contributed by atoms with Crippen molar-refractivity contribution in [2.75, 3.05) is 11.9 Å². The zero-order valence-electron chi connectivity index (χ0n) is 14.6. The van der Waals surface area contributed by atoms with Gasteiger partial charge in [-0.15, -0.1) is 0 Å². The molecule has 1 aromatic carbocycles. The highest BCUT2D eigenvalue weighted by Crippen LogP contribution is 2.29. The molecule has 2 aromatic rings. The maximum atomic E-state index is 12.9. The normalized spacial score (nSPS) is 28.1. The summed E-state index contributed by atoms with van der Waals surface area (Å²) in [7, 11) is 0. The van der Waals surface area contributed by atoms with E-state index in [1.54, 1.807) is 0 Å². The van der Waals surface area contributed by atoms with Crippen LogP contribution < -0.4 is 5.32 Å². The molecule has 2 heterocycles. The van der Waals surface area contributed by atoms with Crippen LogP contribution in [0.25, 0.3) is 0 Å². The quantitative estimate of drug-likeness (QED) is 0.594. The van der Waals surface area contributed by atoms with Crippen LogP contribution in [0.15, 0.2) is 42.6 Å². The second-order valence-electron chi connectivity index (χ2n) is 6.50. The van der Waals surface area contributed by atoms with Gasteiger partial charge in [0.25, 0.3) is 0 Å². The summed E-state index contributed by atoms with van der Waals surface area (Å²) >= 11 is 0. The molecular formula is C18H20F3N3O4. The zero-order valence-corrected chi connectivity index (χ0v) is 14.6. The highest BCUT2D eigenvalue weighted by atomic mass is 19.4. The van der Waals surface area contributed by atoms with Gasteiger partial charge in [-0.05, 0) is 11.6 Å². The predicted octanol–water partition coefficient (Wildman–Crippen LogP) is 1.00. The number of halogens is 3. The number of benzene rings is 1. The van der Waals surface area contributed by atoms with Crippen LogP contribution in [-0.4, -0.2) is 62.4 Å². The van der Waals surface area contributed by atoms with Gasteiger partial charge < -0.3 is 25.4 Å². The lowest BCUT2D eigenvalue weighted by atomic mass is 9.89. The number of nitrogens with zero attached hydrogens (tertiary/aromatic N) is 2. The molecule has 0 aliphatic carbocycles. The lowest BCUT2D eigenvalue weighted by Gasteiger charge is -2.43. The number of aliphatic hydroxyl groups is 3. The molecule has 1 fully saturated rings. The summed E-state index contributed by atoms with van der Waals surface area (Å²) in [6, 6.07) is 8.83. The zero-order chi connectivity index (χ0) is 20.3. The second kappa shape index (κ2) is 8.39. The number of rotatable bonds is 5. The molecule has 152 valence electrons. The number of aliphatic hydroxyl groups excluding tert-OH is 3. The van der Waals surface area contributed by atoms with Crippen LogP contribution in [0.2, 0.25) is 0 Å². The van der Waals surface area contributed by atoms with Gasteiger partial charge in [0.1, 0.15) is 24.0 Å². The van der Waals surface area contributed by atoms with Crippen molar-refractivity contribution in [3.8, 4) is 0 Å². The molecule has 0 spiro atoms. The monoisotopic (exact) mass is 399 g/mol. The number of hydrogen-bond donors (Lipinski definition) is 4. The lowest BCUT2D eigenvalue weighted by molar-refractivity contribution is -0.184. The molecule has 4 N–H and O–H groups in total. The van der Waals surface area contributed by atoms with E-state index in [0.717, 1.165) is 17.8 Å². The Morgan fingerprint density at radius 1 is 1.04 bits per heavy atom. The molecule has 5 atom stereocenters. The maximum absolute atomic E-state index is 12.9. The summed E-state index contributed by atoms with van der Waals surface area (Å²) in [6.45, 7) is -0.518. The Morgan fingerprint density at radius 2 is 1.75 bits per heavy atom. The topological polar surface area (TPSA) is 108 Å². The number of ether oxygens (including phenoxy) is 1. The van der Waals surface area contributed by atoms with E-state index in [1.807, 2.05) is 30.3 Å². The van der Waals surface area contributed by atoms with E-state index in [-0.39, 0.29) is 12.4 Å². The molecule has 7 nitrogen and oxygen atoms in total. The van der Waals surface area contributed by atoms with Gasteiger partial charge in [-0.3, -0.25) is 0 Å². The van der Waals surface area contributed by atoms with Crippen LogP contribution in [0.5, 0.6) is 0 Å². The first-order valence-corrected chi connectivity index (χ1v) is 8.62. The lowest BCUT2D eigenvalue weighted by Crippen LogP contribution is -2.61. The molecule has 0 radical (unpaired) electrons. The van der Waals surface area contributed by atoms with Crippen LogP contribution in [0.3, 0.4) is 0 Å². The van der Waals surface area contributed by atoms with Gasteiger partial charge in [-0.1, -0.05) is 30.3 Å². The van der Waals surface area contributed by atoms with E-state index in [2.05, 4.69) is 15.3 Å². The number of alkyl halides is 3. The summed E-state index contributed by atoms with van der Waals surface area (Å²) in [5, 5.41) is 32.7. The van der Waals surface area contributed by atoms with Crippen LogP contribution in [0, 0.1) is 0 Å². The number of anilines is 1. The van der Waals surface area contributed by atoms with Crippen LogP contribution in [0.1, 0.15) is 11.3 Å². The fourth-order valence-electron chi connectivity index (χ4n) is 3.13. The molecule has 1 aromatic heterocycles. The molecule has 0 saturated carbocycles. The maximum Gasteiger partial charge on any atom is 0.433 e. The fraction of sp³-hybridized carbons (Fsp3) is 0.444. The summed E-state index contributed by atoms with van der Waals surface area (Å²) < 4.78 is 44.4. The number of hydrogen-bond acceptors (Lipinski definition) is 7. The summed E-state index contributed by atoms with van der Waals surface area (Å²) in [4.78, 5) is 7.20. The van der Waals surface area contributed by atoms with Crippen LogP contribution >= 0.6 is 0 Å². The Bertz CT molecular complexity index is 778. The molecule has 1 aliphatic heterocycles. The fourth-order valence-corrected chi connectivity index (χ4v) is 3.13. The number of nitrogens with one attached hydrogen (secondary N) is 1. The van der Waals surface area contributed by atoms with Crippen molar-refractivity contribution in [1.29, 1.82) is 0 Å². The Kier molecular flexibility index (Phi) is 6.14. The van der Waals surface area contributed by atoms with Gasteiger partial charge in [0.15, 0.2) is 0 Å². The average molecular weight is 399 g/mol. The van der Waals surface area contributed by atoms with E-state index in [0.29, 0.717) is 0 Å². The highest BCUT2D eigenvalue weighted by molar-refractivity contribution is 5.30. The molecule has 0 unspecified atom stereocenters. The Balaban J connectivity index is 1.86. The largest absolute Gasteiger partial charge is 0.433 e.